The maximum atomic E-state index is 12.7. The molecule has 0 heterocycles. The Morgan fingerprint density at radius 1 is 0.460 bits per heavy atom. The number of esters is 2. The number of unbranched alkanes of at least 4 members (excludes halogenated alkanes) is 4. The van der Waals surface area contributed by atoms with Crippen molar-refractivity contribution >= 4 is 27.6 Å². The van der Waals surface area contributed by atoms with Gasteiger partial charge < -0.3 is 29.3 Å². The number of carbonyl (C=O) groups excluding carboxylic acids is 2. The van der Waals surface area contributed by atoms with Crippen LogP contribution in [0.15, 0.2) is 122 Å². The van der Waals surface area contributed by atoms with E-state index in [0.29, 0.717) is 19.3 Å². The SMILES string of the molecule is CC/C=C\C/C=C\C/C=C\C/C=C\C/C=C\C/C=C\CCC(=O)OC[C@H](COP(=O)(O)OC[C@@H](O)COP(=O)(O)O)OC(=O)CCCCCC/C=C\C/C=C\C/C=C\C/C=C\CC. The number of aliphatic hydroxyl groups is 1. The Balaban J connectivity index is 4.69. The summed E-state index contributed by atoms with van der Waals surface area (Å²) in [5, 5.41) is 9.75. The predicted molar refractivity (Wildman–Crippen MR) is 252 cm³/mol. The molecule has 3 atom stereocenters. The molecule has 13 nitrogen and oxygen atoms in total. The van der Waals surface area contributed by atoms with Crippen LogP contribution in [-0.2, 0) is 41.8 Å². The van der Waals surface area contributed by atoms with Gasteiger partial charge in [0.2, 0.25) is 0 Å². The summed E-state index contributed by atoms with van der Waals surface area (Å²) < 4.78 is 47.7. The zero-order valence-corrected chi connectivity index (χ0v) is 39.4. The lowest BCUT2D eigenvalue weighted by Crippen LogP contribution is -2.29. The Hall–Kier alpha value is -3.48. The van der Waals surface area contributed by atoms with Crippen LogP contribution in [-0.4, -0.2) is 70.4 Å². The van der Waals surface area contributed by atoms with Crippen LogP contribution >= 0.6 is 15.6 Å². The van der Waals surface area contributed by atoms with Crippen LogP contribution in [0.25, 0.3) is 0 Å². The summed E-state index contributed by atoms with van der Waals surface area (Å²) in [6.07, 6.45) is 53.4. The van der Waals surface area contributed by atoms with Crippen molar-refractivity contribution in [3.05, 3.63) is 122 Å². The van der Waals surface area contributed by atoms with Crippen LogP contribution in [0.1, 0.15) is 129 Å². The number of rotatable bonds is 40. The minimum absolute atomic E-state index is 0.0563. The molecular formula is C48H76O13P2. The molecule has 0 saturated carbocycles. The summed E-state index contributed by atoms with van der Waals surface area (Å²) >= 11 is 0. The van der Waals surface area contributed by atoms with Gasteiger partial charge in [-0.2, -0.15) is 0 Å². The minimum Gasteiger partial charge on any atom is -0.462 e. The Labute approximate surface area is 377 Å². The molecule has 0 aromatic rings. The third-order valence-corrected chi connectivity index (χ3v) is 9.79. The van der Waals surface area contributed by atoms with E-state index >= 15 is 0 Å². The number of phosphoric acid groups is 2. The minimum atomic E-state index is -4.88. The molecule has 0 rings (SSSR count). The second-order valence-electron chi connectivity index (χ2n) is 14.2. The van der Waals surface area contributed by atoms with Crippen molar-refractivity contribution in [1.82, 2.24) is 0 Å². The van der Waals surface area contributed by atoms with Gasteiger partial charge in [-0.3, -0.25) is 23.2 Å². The van der Waals surface area contributed by atoms with Gasteiger partial charge in [-0.05, 0) is 89.9 Å². The van der Waals surface area contributed by atoms with Crippen LogP contribution in [0, 0.1) is 0 Å². The Bertz CT molecular complexity index is 1570. The van der Waals surface area contributed by atoms with E-state index in [2.05, 4.69) is 126 Å². The van der Waals surface area contributed by atoms with Crippen molar-refractivity contribution in [2.45, 2.75) is 142 Å². The van der Waals surface area contributed by atoms with Gasteiger partial charge in [0.1, 0.15) is 12.7 Å². The fraction of sp³-hybridized carbons (Fsp3) is 0.542. The summed E-state index contributed by atoms with van der Waals surface area (Å²) in [7, 11) is -9.72. The molecule has 0 amide bonds. The zero-order valence-electron chi connectivity index (χ0n) is 37.6. The second kappa shape index (κ2) is 42.5. The number of aliphatic hydroxyl groups excluding tert-OH is 1. The van der Waals surface area contributed by atoms with Crippen LogP contribution in [0.5, 0.6) is 0 Å². The lowest BCUT2D eigenvalue weighted by Gasteiger charge is -2.20. The first-order valence-corrected chi connectivity index (χ1v) is 25.3. The molecule has 0 saturated heterocycles. The molecule has 0 radical (unpaired) electrons. The van der Waals surface area contributed by atoms with E-state index in [4.69, 9.17) is 23.8 Å². The topological polar surface area (TPSA) is 195 Å². The van der Waals surface area contributed by atoms with E-state index in [0.717, 1.165) is 83.5 Å². The average Bonchev–Trinajstić information content (AvgIpc) is 3.24. The van der Waals surface area contributed by atoms with E-state index < -0.39 is 66.2 Å². The van der Waals surface area contributed by atoms with Gasteiger partial charge in [0, 0.05) is 12.8 Å². The normalized spacial score (nSPS) is 15.1. The van der Waals surface area contributed by atoms with E-state index in [9.17, 15) is 28.7 Å². The van der Waals surface area contributed by atoms with Gasteiger partial charge in [0.25, 0.3) is 0 Å². The summed E-state index contributed by atoms with van der Waals surface area (Å²) in [5.41, 5.74) is 0. The predicted octanol–water partition coefficient (Wildman–Crippen LogP) is 11.7. The number of phosphoric ester groups is 2. The van der Waals surface area contributed by atoms with Crippen molar-refractivity contribution in [3.63, 3.8) is 0 Å². The highest BCUT2D eigenvalue weighted by atomic mass is 31.2. The molecule has 63 heavy (non-hydrogen) atoms. The number of hydrogen-bond acceptors (Lipinski definition) is 10. The molecule has 1 unspecified atom stereocenters. The quantitative estimate of drug-likeness (QED) is 0.0196. The van der Waals surface area contributed by atoms with Crippen molar-refractivity contribution in [2.24, 2.45) is 0 Å². The molecule has 0 fully saturated rings. The molecule has 4 N–H and O–H groups in total. The van der Waals surface area contributed by atoms with E-state index in [1.54, 1.807) is 0 Å². The number of allylic oxidation sites excluding steroid dienone is 20. The molecular weight excluding hydrogens is 846 g/mol. The first-order chi connectivity index (χ1) is 30.4. The molecule has 0 spiro atoms. The van der Waals surface area contributed by atoms with E-state index in [1.165, 1.54) is 0 Å². The summed E-state index contributed by atoms with van der Waals surface area (Å²) in [4.78, 5) is 52.7. The highest BCUT2D eigenvalue weighted by molar-refractivity contribution is 7.47. The van der Waals surface area contributed by atoms with Crippen LogP contribution in [0.4, 0.5) is 0 Å². The highest BCUT2D eigenvalue weighted by Gasteiger charge is 2.28. The first-order valence-electron chi connectivity index (χ1n) is 22.2. The summed E-state index contributed by atoms with van der Waals surface area (Å²) in [5.74, 6) is -1.17. The summed E-state index contributed by atoms with van der Waals surface area (Å²) in [6, 6.07) is 0. The van der Waals surface area contributed by atoms with Gasteiger partial charge >= 0.3 is 27.6 Å². The van der Waals surface area contributed by atoms with Crippen molar-refractivity contribution in [3.8, 4) is 0 Å². The summed E-state index contributed by atoms with van der Waals surface area (Å²) in [6.45, 7) is 1.40. The van der Waals surface area contributed by atoms with E-state index in [1.807, 2.05) is 18.2 Å². The van der Waals surface area contributed by atoms with Crippen molar-refractivity contribution < 1.29 is 61.6 Å². The fourth-order valence-corrected chi connectivity index (χ4v) is 6.22. The Morgan fingerprint density at radius 3 is 1.32 bits per heavy atom. The van der Waals surface area contributed by atoms with Gasteiger partial charge in [-0.25, -0.2) is 9.13 Å². The van der Waals surface area contributed by atoms with Crippen molar-refractivity contribution in [1.29, 1.82) is 0 Å². The molecule has 0 aromatic heterocycles. The molecule has 15 heteroatoms. The molecule has 0 aliphatic heterocycles. The molecule has 356 valence electrons. The lowest BCUT2D eigenvalue weighted by molar-refractivity contribution is -0.161. The molecule has 0 bridgehead atoms. The average molecular weight is 923 g/mol. The zero-order chi connectivity index (χ0) is 46.5. The van der Waals surface area contributed by atoms with Crippen LogP contribution in [0.2, 0.25) is 0 Å². The number of ether oxygens (including phenoxy) is 2. The van der Waals surface area contributed by atoms with Crippen LogP contribution < -0.4 is 0 Å². The fourth-order valence-electron chi connectivity index (χ4n) is 5.07. The standard InChI is InChI=1S/C48H76O13P2/c1-3-5-7-9-11-13-15-17-19-21-22-24-25-27-29-31-33-35-37-39-47(50)57-43-46(44-60-63(55,56)59-42-45(49)41-58-62(52,53)54)61-48(51)40-38-36-34-32-30-28-26-23-20-18-16-14-12-10-8-6-4-2/h5-8,11-14,17-20,22,24,26-29,33,35,45-46,49H,3-4,9-10,15-16,21,23,25,30-32,34,36-44H2,1-2H3,(H,55,56)(H2,52,53,54)/b7-5-,8-6-,13-11-,14-12-,19-17-,20-18-,24-22-,28-26-,29-27-,35-33-/t45-,46+/m0/s1. The highest BCUT2D eigenvalue weighted by Crippen LogP contribution is 2.43. The first kappa shape index (κ1) is 59.5. The van der Waals surface area contributed by atoms with Crippen molar-refractivity contribution in [2.75, 3.05) is 26.4 Å². The Morgan fingerprint density at radius 2 is 0.857 bits per heavy atom. The largest absolute Gasteiger partial charge is 0.472 e. The molecule has 0 aromatic carbocycles. The lowest BCUT2D eigenvalue weighted by atomic mass is 10.1. The number of carbonyl (C=O) groups is 2. The van der Waals surface area contributed by atoms with Gasteiger partial charge in [0.05, 0.1) is 19.8 Å². The monoisotopic (exact) mass is 922 g/mol. The Kier molecular flexibility index (Phi) is 40.1. The number of hydrogen-bond donors (Lipinski definition) is 4. The molecule has 0 aliphatic rings. The molecule has 0 aliphatic carbocycles. The third-order valence-electron chi connectivity index (χ3n) is 8.35. The third kappa shape index (κ3) is 46.3. The van der Waals surface area contributed by atoms with E-state index in [-0.39, 0.29) is 12.8 Å². The maximum absolute atomic E-state index is 12.7. The van der Waals surface area contributed by atoms with Crippen LogP contribution in [0.3, 0.4) is 0 Å². The van der Waals surface area contributed by atoms with Gasteiger partial charge in [-0.1, -0.05) is 148 Å². The maximum Gasteiger partial charge on any atom is 0.472 e. The second-order valence-corrected chi connectivity index (χ2v) is 16.9. The smallest absolute Gasteiger partial charge is 0.462 e. The van der Waals surface area contributed by atoms with Gasteiger partial charge in [-0.15, -0.1) is 0 Å². The van der Waals surface area contributed by atoms with Gasteiger partial charge in [0.15, 0.2) is 6.10 Å².